The van der Waals surface area contributed by atoms with Crippen molar-refractivity contribution in [1.29, 1.82) is 0 Å². The number of fused-ring (bicyclic) bond motifs is 1. The fourth-order valence-corrected chi connectivity index (χ4v) is 3.19. The number of nitrogens with one attached hydrogen (secondary N) is 2. The maximum absolute atomic E-state index is 12.3. The van der Waals surface area contributed by atoms with E-state index in [1.54, 1.807) is 0 Å². The van der Waals surface area contributed by atoms with Crippen LogP contribution in [0.3, 0.4) is 0 Å². The van der Waals surface area contributed by atoms with Crippen molar-refractivity contribution in [3.05, 3.63) is 34.9 Å². The van der Waals surface area contributed by atoms with Crippen molar-refractivity contribution in [3.63, 3.8) is 0 Å². The van der Waals surface area contributed by atoms with Crippen LogP contribution in [0.25, 0.3) is 0 Å². The van der Waals surface area contributed by atoms with Crippen molar-refractivity contribution in [2.45, 2.75) is 38.6 Å². The maximum atomic E-state index is 12.3. The predicted octanol–water partition coefficient (Wildman–Crippen LogP) is 1.90. The number of hydrogen-bond donors (Lipinski definition) is 2. The van der Waals surface area contributed by atoms with E-state index in [0.29, 0.717) is 12.0 Å². The molecule has 3 nitrogen and oxygen atoms in total. The van der Waals surface area contributed by atoms with Crippen molar-refractivity contribution in [2.24, 2.45) is 5.92 Å². The summed E-state index contributed by atoms with van der Waals surface area (Å²) in [5.41, 5.74) is 3.61. The van der Waals surface area contributed by atoms with Gasteiger partial charge in [-0.05, 0) is 68.0 Å². The summed E-state index contributed by atoms with van der Waals surface area (Å²) in [6.45, 7) is 4.19. The summed E-state index contributed by atoms with van der Waals surface area (Å²) < 4.78 is 0. The van der Waals surface area contributed by atoms with Gasteiger partial charge in [-0.1, -0.05) is 13.0 Å². The highest BCUT2D eigenvalue weighted by atomic mass is 16.1. The Balaban J connectivity index is 1.70. The van der Waals surface area contributed by atoms with Gasteiger partial charge in [-0.25, -0.2) is 0 Å². The molecule has 1 aliphatic carbocycles. The Morgan fingerprint density at radius 3 is 3.00 bits per heavy atom. The topological polar surface area (TPSA) is 41.1 Å². The van der Waals surface area contributed by atoms with Gasteiger partial charge in [0.15, 0.2) is 0 Å². The van der Waals surface area contributed by atoms with Crippen LogP contribution < -0.4 is 10.6 Å². The molecule has 2 atom stereocenters. The van der Waals surface area contributed by atoms with Crippen LogP contribution in [0.15, 0.2) is 18.2 Å². The second kappa shape index (κ2) is 5.33. The van der Waals surface area contributed by atoms with Gasteiger partial charge in [0.2, 0.25) is 0 Å². The molecule has 1 saturated heterocycles. The van der Waals surface area contributed by atoms with E-state index in [9.17, 15) is 4.79 Å². The third kappa shape index (κ3) is 2.66. The maximum Gasteiger partial charge on any atom is 0.251 e. The van der Waals surface area contributed by atoms with Crippen LogP contribution in [-0.2, 0) is 12.8 Å². The van der Waals surface area contributed by atoms with E-state index < -0.39 is 0 Å². The lowest BCUT2D eigenvalue weighted by atomic mass is 9.95. The van der Waals surface area contributed by atoms with Gasteiger partial charge >= 0.3 is 0 Å². The van der Waals surface area contributed by atoms with Crippen molar-refractivity contribution >= 4 is 5.91 Å². The van der Waals surface area contributed by atoms with E-state index in [1.807, 2.05) is 6.07 Å². The number of piperidine rings is 1. The Bertz CT molecular complexity index is 484. The van der Waals surface area contributed by atoms with Crippen molar-refractivity contribution < 1.29 is 4.79 Å². The minimum Gasteiger partial charge on any atom is -0.349 e. The third-order valence-corrected chi connectivity index (χ3v) is 4.46. The van der Waals surface area contributed by atoms with Crippen molar-refractivity contribution in [3.8, 4) is 0 Å². The van der Waals surface area contributed by atoms with Gasteiger partial charge in [-0.3, -0.25) is 4.79 Å². The Labute approximate surface area is 114 Å². The number of benzene rings is 1. The summed E-state index contributed by atoms with van der Waals surface area (Å²) in [7, 11) is 0. The van der Waals surface area contributed by atoms with Crippen LogP contribution >= 0.6 is 0 Å². The first-order valence-corrected chi connectivity index (χ1v) is 7.37. The van der Waals surface area contributed by atoms with Crippen LogP contribution in [-0.4, -0.2) is 25.0 Å². The zero-order chi connectivity index (χ0) is 13.2. The molecule has 0 aromatic heterocycles. The first kappa shape index (κ1) is 12.7. The summed E-state index contributed by atoms with van der Waals surface area (Å²) in [6, 6.07) is 6.50. The van der Waals surface area contributed by atoms with E-state index in [2.05, 4.69) is 29.7 Å². The molecule has 0 spiro atoms. The minimum atomic E-state index is 0.0912. The number of carbonyl (C=O) groups is 1. The average Bonchev–Trinajstić information content (AvgIpc) is 2.88. The highest BCUT2D eigenvalue weighted by molar-refractivity contribution is 5.94. The van der Waals surface area contributed by atoms with Crippen LogP contribution in [0, 0.1) is 5.92 Å². The van der Waals surface area contributed by atoms with E-state index in [0.717, 1.165) is 31.5 Å². The van der Waals surface area contributed by atoms with Crippen LogP contribution in [0.5, 0.6) is 0 Å². The highest BCUT2D eigenvalue weighted by Gasteiger charge is 2.23. The van der Waals surface area contributed by atoms with Gasteiger partial charge in [0.1, 0.15) is 0 Å². The molecule has 1 aromatic carbocycles. The number of hydrogen-bond acceptors (Lipinski definition) is 2. The van der Waals surface area contributed by atoms with Gasteiger partial charge in [0, 0.05) is 11.6 Å². The third-order valence-electron chi connectivity index (χ3n) is 4.46. The monoisotopic (exact) mass is 258 g/mol. The summed E-state index contributed by atoms with van der Waals surface area (Å²) in [6.07, 6.45) is 4.55. The van der Waals surface area contributed by atoms with E-state index in [1.165, 1.54) is 24.0 Å². The molecule has 1 aromatic rings. The average molecular weight is 258 g/mol. The molecule has 2 unspecified atom stereocenters. The number of rotatable bonds is 2. The molecular formula is C16H22N2O. The molecule has 102 valence electrons. The lowest BCUT2D eigenvalue weighted by Crippen LogP contribution is -2.48. The lowest BCUT2D eigenvalue weighted by Gasteiger charge is -2.30. The Morgan fingerprint density at radius 2 is 2.16 bits per heavy atom. The smallest absolute Gasteiger partial charge is 0.251 e. The second-order valence-electron chi connectivity index (χ2n) is 5.89. The van der Waals surface area contributed by atoms with Gasteiger partial charge in [-0.15, -0.1) is 0 Å². The Morgan fingerprint density at radius 1 is 1.32 bits per heavy atom. The number of amides is 1. The van der Waals surface area contributed by atoms with E-state index in [4.69, 9.17) is 0 Å². The first-order valence-electron chi connectivity index (χ1n) is 7.37. The molecule has 3 rings (SSSR count). The van der Waals surface area contributed by atoms with Crippen LogP contribution in [0.2, 0.25) is 0 Å². The fraction of sp³-hybridized carbons (Fsp3) is 0.562. The molecule has 1 fully saturated rings. The molecule has 2 aliphatic rings. The Hall–Kier alpha value is -1.35. The van der Waals surface area contributed by atoms with Gasteiger partial charge in [0.05, 0.1) is 0 Å². The summed E-state index contributed by atoms with van der Waals surface area (Å²) >= 11 is 0. The highest BCUT2D eigenvalue weighted by Crippen LogP contribution is 2.23. The molecule has 0 radical (unpaired) electrons. The molecule has 1 heterocycles. The summed E-state index contributed by atoms with van der Waals surface area (Å²) in [5, 5.41) is 6.56. The fourth-order valence-electron chi connectivity index (χ4n) is 3.19. The molecule has 2 N–H and O–H groups in total. The van der Waals surface area contributed by atoms with Gasteiger partial charge < -0.3 is 10.6 Å². The normalized spacial score (nSPS) is 25.9. The lowest BCUT2D eigenvalue weighted by molar-refractivity contribution is 0.0914. The molecule has 1 amide bonds. The zero-order valence-corrected chi connectivity index (χ0v) is 11.5. The minimum absolute atomic E-state index is 0.0912. The predicted molar refractivity (Wildman–Crippen MR) is 76.4 cm³/mol. The quantitative estimate of drug-likeness (QED) is 0.850. The summed E-state index contributed by atoms with van der Waals surface area (Å²) in [4.78, 5) is 12.3. The van der Waals surface area contributed by atoms with Crippen LogP contribution in [0.4, 0.5) is 0 Å². The molecule has 0 bridgehead atoms. The van der Waals surface area contributed by atoms with Gasteiger partial charge in [-0.2, -0.15) is 0 Å². The Kier molecular flexibility index (Phi) is 3.56. The standard InChI is InChI=1S/C16H22N2O/c1-11-10-17-8-7-15(11)18-16(19)14-6-5-12-3-2-4-13(12)9-14/h5-6,9,11,15,17H,2-4,7-8,10H2,1H3,(H,18,19). The van der Waals surface area contributed by atoms with Crippen molar-refractivity contribution in [1.82, 2.24) is 10.6 Å². The largest absolute Gasteiger partial charge is 0.349 e. The zero-order valence-electron chi connectivity index (χ0n) is 11.5. The molecule has 19 heavy (non-hydrogen) atoms. The molecular weight excluding hydrogens is 236 g/mol. The number of aryl methyl sites for hydroxylation is 2. The first-order chi connectivity index (χ1) is 9.24. The SMILES string of the molecule is CC1CNCCC1NC(=O)c1ccc2c(c1)CCC2. The van der Waals surface area contributed by atoms with Crippen molar-refractivity contribution in [2.75, 3.05) is 13.1 Å². The van der Waals surface area contributed by atoms with E-state index in [-0.39, 0.29) is 5.91 Å². The van der Waals surface area contributed by atoms with Gasteiger partial charge in [0.25, 0.3) is 5.91 Å². The second-order valence-corrected chi connectivity index (χ2v) is 5.89. The van der Waals surface area contributed by atoms with E-state index >= 15 is 0 Å². The molecule has 3 heteroatoms. The van der Waals surface area contributed by atoms with Crippen LogP contribution in [0.1, 0.15) is 41.3 Å². The molecule has 1 aliphatic heterocycles. The summed E-state index contributed by atoms with van der Waals surface area (Å²) in [5.74, 6) is 0.598. The number of carbonyl (C=O) groups excluding carboxylic acids is 1. The molecule has 0 saturated carbocycles.